The summed E-state index contributed by atoms with van der Waals surface area (Å²) in [6.45, 7) is 10.1. The number of carbonyl (C=O) groups excluding carboxylic acids is 2. The first-order valence-electron chi connectivity index (χ1n) is 26.3. The lowest BCUT2D eigenvalue weighted by Gasteiger charge is -2.34. The fraction of sp³-hybridized carbons (Fsp3) is 0.421. The van der Waals surface area contributed by atoms with Gasteiger partial charge in [0.05, 0.1) is 42.0 Å². The fourth-order valence-corrected chi connectivity index (χ4v) is 11.3. The molecule has 3 fully saturated rings. The Kier molecular flexibility index (Phi) is 15.9. The van der Waals surface area contributed by atoms with Crippen LogP contribution in [0.3, 0.4) is 0 Å². The van der Waals surface area contributed by atoms with Crippen molar-refractivity contribution in [2.24, 2.45) is 18.9 Å². The first-order chi connectivity index (χ1) is 37.2. The summed E-state index contributed by atoms with van der Waals surface area (Å²) in [7, 11) is 1.88. The molecule has 4 N–H and O–H groups in total. The molecule has 7 aromatic rings. The van der Waals surface area contributed by atoms with Gasteiger partial charge in [-0.25, -0.2) is 4.39 Å². The smallest absolute Gasteiger partial charge is 0.319 e. The number of rotatable bonds is 17. The number of aliphatic hydroxyl groups is 1. The Bertz CT molecular complexity index is 3300. The molecule has 10 rings (SSSR count). The number of aliphatic hydroxyl groups excluding tert-OH is 1. The Morgan fingerprint density at radius 3 is 2.55 bits per heavy atom. The molecule has 0 unspecified atom stereocenters. The van der Waals surface area contributed by atoms with E-state index in [1.165, 1.54) is 11.0 Å². The van der Waals surface area contributed by atoms with Gasteiger partial charge in [0.2, 0.25) is 11.8 Å². The summed E-state index contributed by atoms with van der Waals surface area (Å²) in [4.78, 5) is 43.3. The van der Waals surface area contributed by atoms with Gasteiger partial charge >= 0.3 is 6.01 Å². The van der Waals surface area contributed by atoms with Crippen LogP contribution in [0.15, 0.2) is 89.6 Å². The highest BCUT2D eigenvalue weighted by molar-refractivity contribution is 6.35. The number of aryl methyl sites for hydroxylation is 1. The Hall–Kier alpha value is -7.37. The number of piperazine rings is 1. The highest BCUT2D eigenvalue weighted by Gasteiger charge is 2.44. The van der Waals surface area contributed by atoms with E-state index in [1.54, 1.807) is 29.1 Å². The minimum atomic E-state index is -0.865. The number of aromatic hydroxyl groups is 1. The van der Waals surface area contributed by atoms with Crippen LogP contribution >= 0.6 is 11.6 Å². The van der Waals surface area contributed by atoms with E-state index in [0.29, 0.717) is 67.1 Å². The number of fused-ring (bicyclic) bond motifs is 2. The standard InChI is InChI=1S/C57H63ClFN11O7/c1-33(2)50(56(74)70-31-41(72)27-47(70)55(73)63-34(3)36-9-11-37(12-10-36)46-14-18-62-67(46)4)48-29-49(66-77-48)76-32-35-15-20-68(21-16-35)23-24-75-57-64-53-44(54(65-57)69-22-19-61-39(30-69)13-17-60)28-45(58)51(52(53)59)43-26-40(71)25-38-7-5-6-8-42(38)43/h5-12,14,18,25-26,28-29,33-35,39,41,47,50,61,71-72H,13,15-16,19-24,27,30-32H2,1-4H3,(H,63,73)/t34-,39-,41+,47-,50+/m0/s1. The lowest BCUT2D eigenvalue weighted by molar-refractivity contribution is -0.141. The second kappa shape index (κ2) is 23.1. The quantitative estimate of drug-likeness (QED) is 0.0684. The maximum Gasteiger partial charge on any atom is 0.319 e. The van der Waals surface area contributed by atoms with Gasteiger partial charge in [-0.2, -0.15) is 20.3 Å². The summed E-state index contributed by atoms with van der Waals surface area (Å²) < 4.78 is 37.0. The van der Waals surface area contributed by atoms with Gasteiger partial charge < -0.3 is 44.6 Å². The number of benzene rings is 4. The Labute approximate surface area is 450 Å². The predicted molar refractivity (Wildman–Crippen MR) is 289 cm³/mol. The van der Waals surface area contributed by atoms with Gasteiger partial charge in [0.15, 0.2) is 11.6 Å². The highest BCUT2D eigenvalue weighted by Crippen LogP contribution is 2.43. The van der Waals surface area contributed by atoms with Crippen LogP contribution in [0.25, 0.3) is 44.1 Å². The van der Waals surface area contributed by atoms with Crippen LogP contribution in [0.1, 0.15) is 69.7 Å². The third kappa shape index (κ3) is 11.5. The molecule has 3 saturated heterocycles. The number of β-amino-alcohol motifs (C(OH)–C–C–N with tert-alkyl or cyclic N) is 1. The van der Waals surface area contributed by atoms with Crippen LogP contribution in [0, 0.1) is 29.0 Å². The van der Waals surface area contributed by atoms with Gasteiger partial charge in [-0.05, 0) is 102 Å². The van der Waals surface area contributed by atoms with Gasteiger partial charge in [-0.3, -0.25) is 19.2 Å². The second-order valence-corrected chi connectivity index (χ2v) is 21.2. The summed E-state index contributed by atoms with van der Waals surface area (Å²) in [6.07, 6.45) is 2.98. The van der Waals surface area contributed by atoms with Crippen LogP contribution in [0.4, 0.5) is 10.2 Å². The van der Waals surface area contributed by atoms with Crippen molar-refractivity contribution >= 4 is 50.9 Å². The molecule has 4 aromatic carbocycles. The maximum absolute atomic E-state index is 17.1. The van der Waals surface area contributed by atoms with Crippen molar-refractivity contribution in [3.05, 3.63) is 107 Å². The SMILES string of the molecule is CC(C)[C@@H](C(=O)N1C[C@H](O)C[C@H]1C(=O)N[C@@H](C)c1ccc(-c2ccnn2C)cc1)c1cc(OCC2CCN(CCOc3nc(N4CCN[C@@H](CC#N)C4)c4cc(Cl)c(-c5cc(O)cc6ccccc56)c(F)c4n3)CC2)no1. The van der Waals surface area contributed by atoms with E-state index in [2.05, 4.69) is 36.8 Å². The number of phenolic OH excluding ortho intramolecular Hbond substituents is 1. The fourth-order valence-electron chi connectivity index (χ4n) is 11.0. The van der Waals surface area contributed by atoms with Crippen LogP contribution in [0.5, 0.6) is 17.6 Å². The molecular formula is C57H63ClFN11O7. The summed E-state index contributed by atoms with van der Waals surface area (Å²) in [5, 5.41) is 47.7. The average molecular weight is 1070 g/mol. The Balaban J connectivity index is 0.748. The molecular weight excluding hydrogens is 1010 g/mol. The number of anilines is 1. The largest absolute Gasteiger partial charge is 0.508 e. The summed E-state index contributed by atoms with van der Waals surface area (Å²) in [6, 6.07) is 24.6. The van der Waals surface area contributed by atoms with Crippen LogP contribution in [0.2, 0.25) is 5.02 Å². The molecule has 0 radical (unpaired) electrons. The molecule has 5 atom stereocenters. The van der Waals surface area contributed by atoms with E-state index in [0.717, 1.165) is 48.1 Å². The summed E-state index contributed by atoms with van der Waals surface area (Å²) in [5.74, 6) is -1.06. The number of nitriles is 1. The highest BCUT2D eigenvalue weighted by atomic mass is 35.5. The van der Waals surface area contributed by atoms with Crippen molar-refractivity contribution in [2.45, 2.75) is 76.6 Å². The molecule has 3 aliphatic heterocycles. The molecule has 0 spiro atoms. The van der Waals surface area contributed by atoms with Gasteiger partial charge in [-0.1, -0.05) is 74.0 Å². The first kappa shape index (κ1) is 53.0. The lowest BCUT2D eigenvalue weighted by Crippen LogP contribution is -2.51. The third-order valence-electron chi connectivity index (χ3n) is 15.2. The average Bonchev–Trinajstić information content (AvgIpc) is 4.19. The van der Waals surface area contributed by atoms with Crippen molar-refractivity contribution in [3.63, 3.8) is 0 Å². The van der Waals surface area contributed by atoms with Gasteiger partial charge in [0.25, 0.3) is 5.88 Å². The van der Waals surface area contributed by atoms with Gasteiger partial charge in [-0.15, -0.1) is 0 Å². The zero-order valence-corrected chi connectivity index (χ0v) is 44.3. The van der Waals surface area contributed by atoms with Crippen molar-refractivity contribution in [3.8, 4) is 46.1 Å². The van der Waals surface area contributed by atoms with E-state index in [4.69, 9.17) is 30.6 Å². The van der Waals surface area contributed by atoms with Crippen LogP contribution in [-0.2, 0) is 16.6 Å². The first-order valence-corrected chi connectivity index (χ1v) is 26.7. The number of hydrogen-bond donors (Lipinski definition) is 4. The van der Waals surface area contributed by atoms with Crippen LogP contribution < -0.4 is 25.0 Å². The molecule has 20 heteroatoms. The number of likely N-dealkylation sites (tertiary alicyclic amines) is 2. The number of carbonyl (C=O) groups is 2. The van der Waals surface area contributed by atoms with Crippen molar-refractivity contribution in [1.82, 2.24) is 45.3 Å². The molecule has 402 valence electrons. The second-order valence-electron chi connectivity index (χ2n) is 20.8. The van der Waals surface area contributed by atoms with Crippen molar-refractivity contribution in [2.75, 3.05) is 63.9 Å². The molecule has 0 aliphatic carbocycles. The number of halogens is 2. The number of phenols is 1. The van der Waals surface area contributed by atoms with Crippen molar-refractivity contribution < 1.29 is 38.2 Å². The molecule has 0 bridgehead atoms. The van der Waals surface area contributed by atoms with E-state index in [-0.39, 0.29) is 89.0 Å². The molecule has 6 heterocycles. The topological polar surface area (TPSA) is 220 Å². The monoisotopic (exact) mass is 1070 g/mol. The molecule has 3 aromatic heterocycles. The summed E-state index contributed by atoms with van der Waals surface area (Å²) in [5.41, 5.74) is 3.44. The van der Waals surface area contributed by atoms with E-state index in [1.807, 2.05) is 87.3 Å². The Morgan fingerprint density at radius 2 is 1.79 bits per heavy atom. The van der Waals surface area contributed by atoms with E-state index in [9.17, 15) is 25.1 Å². The van der Waals surface area contributed by atoms with Gasteiger partial charge in [0.1, 0.15) is 35.7 Å². The maximum atomic E-state index is 17.1. The van der Waals surface area contributed by atoms with Gasteiger partial charge in [0, 0.05) is 75.4 Å². The van der Waals surface area contributed by atoms with E-state index < -0.39 is 23.9 Å². The number of ether oxygens (including phenoxy) is 2. The van der Waals surface area contributed by atoms with Crippen molar-refractivity contribution in [1.29, 1.82) is 5.26 Å². The normalized spacial score (nSPS) is 19.2. The number of nitrogens with zero attached hydrogens (tertiary/aromatic N) is 9. The number of hydrogen-bond acceptors (Lipinski definition) is 15. The number of aromatic nitrogens is 5. The lowest BCUT2D eigenvalue weighted by atomic mass is 9.91. The minimum Gasteiger partial charge on any atom is -0.508 e. The summed E-state index contributed by atoms with van der Waals surface area (Å²) >= 11 is 6.93. The molecule has 3 aliphatic rings. The number of amides is 2. The molecule has 77 heavy (non-hydrogen) atoms. The minimum absolute atomic E-state index is 0.0147. The zero-order valence-electron chi connectivity index (χ0n) is 43.5. The predicted octanol–water partition coefficient (Wildman–Crippen LogP) is 7.78. The third-order valence-corrected chi connectivity index (χ3v) is 15.5. The zero-order chi connectivity index (χ0) is 53.9. The number of piperidine rings is 1. The van der Waals surface area contributed by atoms with E-state index >= 15 is 4.39 Å². The number of nitrogens with one attached hydrogen (secondary N) is 2. The Morgan fingerprint density at radius 1 is 1.00 bits per heavy atom. The van der Waals surface area contributed by atoms with Crippen LogP contribution in [-0.4, -0.2) is 134 Å². The molecule has 18 nitrogen and oxygen atoms in total. The molecule has 0 saturated carbocycles. The molecule has 2 amide bonds.